The summed E-state index contributed by atoms with van der Waals surface area (Å²) >= 11 is 0. The molecule has 1 aliphatic heterocycles. The Hall–Kier alpha value is -1.36. The van der Waals surface area contributed by atoms with Gasteiger partial charge >= 0.3 is 0 Å². The average molecular weight is 236 g/mol. The minimum atomic E-state index is 0.223. The summed E-state index contributed by atoms with van der Waals surface area (Å²) in [6.45, 7) is 5.01. The fourth-order valence-electron chi connectivity index (χ4n) is 2.14. The largest absolute Gasteiger partial charge is 0.383 e. The molecule has 0 aromatic carbocycles. The van der Waals surface area contributed by atoms with Crippen molar-refractivity contribution in [2.45, 2.75) is 45.3 Å². The number of hydrogen-bond donors (Lipinski definition) is 2. The van der Waals surface area contributed by atoms with Gasteiger partial charge < -0.3 is 15.8 Å². The minimum absolute atomic E-state index is 0.223. The lowest BCUT2D eigenvalue weighted by Gasteiger charge is -2.19. The second-order valence-electron chi connectivity index (χ2n) is 4.45. The average Bonchev–Trinajstić information content (AvgIpc) is 2.70. The number of aromatic nitrogens is 2. The quantitative estimate of drug-likeness (QED) is 0.830. The first-order valence-corrected chi connectivity index (χ1v) is 6.19. The summed E-state index contributed by atoms with van der Waals surface area (Å²) in [5, 5.41) is 3.43. The van der Waals surface area contributed by atoms with Crippen molar-refractivity contribution < 1.29 is 4.74 Å². The number of rotatable bonds is 4. The molecular weight excluding hydrogens is 216 g/mol. The molecule has 0 spiro atoms. The molecule has 0 bridgehead atoms. The molecule has 3 N–H and O–H groups in total. The fraction of sp³-hybridized carbons (Fsp3) is 0.667. The lowest BCUT2D eigenvalue weighted by Crippen LogP contribution is -2.28. The highest BCUT2D eigenvalue weighted by Gasteiger charge is 2.25. The van der Waals surface area contributed by atoms with Crippen LogP contribution in [-0.2, 0) is 11.2 Å². The van der Waals surface area contributed by atoms with E-state index in [9.17, 15) is 0 Å². The summed E-state index contributed by atoms with van der Waals surface area (Å²) < 4.78 is 5.53. The molecular formula is C12H20N4O. The topological polar surface area (TPSA) is 73.1 Å². The van der Waals surface area contributed by atoms with Gasteiger partial charge in [-0.2, -0.15) is 0 Å². The van der Waals surface area contributed by atoms with Gasteiger partial charge in [-0.1, -0.05) is 13.3 Å². The number of nitrogens with one attached hydrogen (secondary N) is 1. The zero-order valence-corrected chi connectivity index (χ0v) is 10.4. The van der Waals surface area contributed by atoms with E-state index in [4.69, 9.17) is 10.5 Å². The van der Waals surface area contributed by atoms with Gasteiger partial charge in [0.05, 0.1) is 12.1 Å². The second kappa shape index (κ2) is 5.31. The molecule has 1 aliphatic rings. The van der Waals surface area contributed by atoms with E-state index < -0.39 is 0 Å². The molecule has 5 nitrogen and oxygen atoms in total. The number of nitrogens with two attached hydrogens (primary N) is 1. The molecule has 2 unspecified atom stereocenters. The fourth-order valence-corrected chi connectivity index (χ4v) is 2.14. The molecule has 1 saturated heterocycles. The molecule has 1 aromatic rings. The van der Waals surface area contributed by atoms with Gasteiger partial charge in [-0.3, -0.25) is 0 Å². The molecule has 1 fully saturated rings. The van der Waals surface area contributed by atoms with Gasteiger partial charge in [-0.25, -0.2) is 9.97 Å². The Morgan fingerprint density at radius 3 is 3.00 bits per heavy atom. The van der Waals surface area contributed by atoms with Crippen LogP contribution in [0, 0.1) is 0 Å². The van der Waals surface area contributed by atoms with Crippen LogP contribution in [0.25, 0.3) is 0 Å². The molecule has 17 heavy (non-hydrogen) atoms. The predicted octanol–water partition coefficient (Wildman–Crippen LogP) is 1.60. The van der Waals surface area contributed by atoms with Crippen molar-refractivity contribution in [3.8, 4) is 0 Å². The van der Waals surface area contributed by atoms with Crippen molar-refractivity contribution >= 4 is 11.6 Å². The van der Waals surface area contributed by atoms with Crippen LogP contribution in [0.4, 0.5) is 11.6 Å². The van der Waals surface area contributed by atoms with Gasteiger partial charge in [0.2, 0.25) is 0 Å². The maximum atomic E-state index is 5.89. The standard InChI is InChI=1S/C12H20N4O/c1-3-4-9-11(13)14-7-15-12(9)16-10-5-6-17-8(10)2/h7-8,10H,3-6H2,1-2H3,(H3,13,14,15,16). The molecule has 0 amide bonds. The highest BCUT2D eigenvalue weighted by atomic mass is 16.5. The number of hydrogen-bond acceptors (Lipinski definition) is 5. The molecule has 0 aliphatic carbocycles. The van der Waals surface area contributed by atoms with Crippen LogP contribution in [0.15, 0.2) is 6.33 Å². The highest BCUT2D eigenvalue weighted by molar-refractivity contribution is 5.55. The monoisotopic (exact) mass is 236 g/mol. The summed E-state index contributed by atoms with van der Waals surface area (Å²) in [5.74, 6) is 1.44. The number of ether oxygens (including phenoxy) is 1. The second-order valence-corrected chi connectivity index (χ2v) is 4.45. The first kappa shape index (κ1) is 12.1. The molecule has 1 aromatic heterocycles. The minimum Gasteiger partial charge on any atom is -0.383 e. The van der Waals surface area contributed by atoms with E-state index in [1.165, 1.54) is 6.33 Å². The Bertz CT molecular complexity index is 383. The number of nitrogens with zero attached hydrogens (tertiary/aromatic N) is 2. The van der Waals surface area contributed by atoms with Crippen LogP contribution in [-0.4, -0.2) is 28.7 Å². The third kappa shape index (κ3) is 2.66. The highest BCUT2D eigenvalue weighted by Crippen LogP contribution is 2.23. The van der Waals surface area contributed by atoms with E-state index in [0.717, 1.165) is 37.3 Å². The molecule has 2 atom stereocenters. The Balaban J connectivity index is 2.16. The van der Waals surface area contributed by atoms with Crippen molar-refractivity contribution in [2.24, 2.45) is 0 Å². The van der Waals surface area contributed by atoms with E-state index >= 15 is 0 Å². The summed E-state index contributed by atoms with van der Waals surface area (Å²) in [6.07, 6.45) is 4.68. The van der Waals surface area contributed by atoms with Crippen molar-refractivity contribution in [3.05, 3.63) is 11.9 Å². The van der Waals surface area contributed by atoms with Gasteiger partial charge in [-0.15, -0.1) is 0 Å². The van der Waals surface area contributed by atoms with Gasteiger partial charge in [-0.05, 0) is 19.8 Å². The van der Waals surface area contributed by atoms with Crippen molar-refractivity contribution in [1.29, 1.82) is 0 Å². The normalized spacial score (nSPS) is 23.9. The van der Waals surface area contributed by atoms with E-state index in [2.05, 4.69) is 29.1 Å². The molecule has 5 heteroatoms. The van der Waals surface area contributed by atoms with Gasteiger partial charge in [0, 0.05) is 12.2 Å². The first-order chi connectivity index (χ1) is 8.22. The van der Waals surface area contributed by atoms with Gasteiger partial charge in [0.15, 0.2) is 0 Å². The summed E-state index contributed by atoms with van der Waals surface area (Å²) in [7, 11) is 0. The number of anilines is 2. The summed E-state index contributed by atoms with van der Waals surface area (Å²) in [5.41, 5.74) is 6.92. The summed E-state index contributed by atoms with van der Waals surface area (Å²) in [4.78, 5) is 8.35. The maximum absolute atomic E-state index is 5.89. The summed E-state index contributed by atoms with van der Waals surface area (Å²) in [6, 6.07) is 0.319. The van der Waals surface area contributed by atoms with Gasteiger partial charge in [0.25, 0.3) is 0 Å². The molecule has 2 heterocycles. The van der Waals surface area contributed by atoms with E-state index in [-0.39, 0.29) is 6.10 Å². The van der Waals surface area contributed by atoms with Crippen molar-refractivity contribution in [2.75, 3.05) is 17.7 Å². The zero-order chi connectivity index (χ0) is 12.3. The van der Waals surface area contributed by atoms with Crippen LogP contribution >= 0.6 is 0 Å². The Kier molecular flexibility index (Phi) is 3.78. The predicted molar refractivity (Wildman–Crippen MR) is 67.9 cm³/mol. The maximum Gasteiger partial charge on any atom is 0.135 e. The van der Waals surface area contributed by atoms with E-state index in [1.807, 2.05) is 0 Å². The molecule has 2 rings (SSSR count). The Labute approximate surface area is 102 Å². The van der Waals surface area contributed by atoms with Crippen LogP contribution in [0.5, 0.6) is 0 Å². The lowest BCUT2D eigenvalue weighted by atomic mass is 10.1. The van der Waals surface area contributed by atoms with Crippen LogP contribution in [0.2, 0.25) is 0 Å². The smallest absolute Gasteiger partial charge is 0.135 e. The Morgan fingerprint density at radius 1 is 1.53 bits per heavy atom. The first-order valence-electron chi connectivity index (χ1n) is 6.19. The lowest BCUT2D eigenvalue weighted by molar-refractivity contribution is 0.121. The van der Waals surface area contributed by atoms with E-state index in [1.54, 1.807) is 0 Å². The van der Waals surface area contributed by atoms with E-state index in [0.29, 0.717) is 11.9 Å². The molecule has 94 valence electrons. The van der Waals surface area contributed by atoms with Crippen LogP contribution in [0.3, 0.4) is 0 Å². The number of nitrogen functional groups attached to an aromatic ring is 1. The molecule has 0 radical (unpaired) electrons. The molecule has 0 saturated carbocycles. The Morgan fingerprint density at radius 2 is 2.35 bits per heavy atom. The third-order valence-corrected chi connectivity index (χ3v) is 3.18. The van der Waals surface area contributed by atoms with Crippen LogP contribution in [0.1, 0.15) is 32.3 Å². The van der Waals surface area contributed by atoms with Crippen molar-refractivity contribution in [3.63, 3.8) is 0 Å². The van der Waals surface area contributed by atoms with Crippen molar-refractivity contribution in [1.82, 2.24) is 9.97 Å². The zero-order valence-electron chi connectivity index (χ0n) is 10.4. The van der Waals surface area contributed by atoms with Crippen LogP contribution < -0.4 is 11.1 Å². The third-order valence-electron chi connectivity index (χ3n) is 3.18. The van der Waals surface area contributed by atoms with Gasteiger partial charge in [0.1, 0.15) is 18.0 Å². The SMILES string of the molecule is CCCc1c(N)ncnc1NC1CCOC1C.